The third-order valence-electron chi connectivity index (χ3n) is 2.06. The molecule has 2 N–H and O–H groups in total. The van der Waals surface area contributed by atoms with Crippen molar-refractivity contribution in [2.24, 2.45) is 5.73 Å². The fraction of sp³-hybridized carbons (Fsp3) is 0.273. The fourth-order valence-electron chi connectivity index (χ4n) is 0.996. The van der Waals surface area contributed by atoms with Gasteiger partial charge in [-0.05, 0) is 31.5 Å². The molecule has 14 heavy (non-hydrogen) atoms. The summed E-state index contributed by atoms with van der Waals surface area (Å²) in [6.07, 6.45) is 1.85. The summed E-state index contributed by atoms with van der Waals surface area (Å²) in [5.74, 6) is -0.405. The minimum absolute atomic E-state index is 0.0197. The lowest BCUT2D eigenvalue weighted by Gasteiger charge is -2.05. The zero-order chi connectivity index (χ0) is 10.7. The van der Waals surface area contributed by atoms with Crippen molar-refractivity contribution in [3.05, 3.63) is 40.2 Å². The van der Waals surface area contributed by atoms with Crippen LogP contribution >= 0.6 is 11.6 Å². The van der Waals surface area contributed by atoms with E-state index in [1.54, 1.807) is 6.07 Å². The number of hydrogen-bond acceptors (Lipinski definition) is 1. The zero-order valence-electron chi connectivity index (χ0n) is 8.22. The molecule has 1 aromatic carbocycles. The lowest BCUT2D eigenvalue weighted by Crippen LogP contribution is -2.15. The van der Waals surface area contributed by atoms with Crippen molar-refractivity contribution in [3.8, 4) is 0 Å². The maximum Gasteiger partial charge on any atom is 0.142 e. The second kappa shape index (κ2) is 4.58. The summed E-state index contributed by atoms with van der Waals surface area (Å²) < 4.78 is 13.0. The SMILES string of the molecule is C/C(=C\c1ccc(Cl)c(F)c1)C(C)N. The van der Waals surface area contributed by atoms with E-state index in [1.165, 1.54) is 12.1 Å². The fourth-order valence-corrected chi connectivity index (χ4v) is 1.11. The third-order valence-corrected chi connectivity index (χ3v) is 2.36. The summed E-state index contributed by atoms with van der Waals surface area (Å²) in [5.41, 5.74) is 7.45. The molecule has 0 spiro atoms. The van der Waals surface area contributed by atoms with Gasteiger partial charge in [-0.15, -0.1) is 0 Å². The molecule has 1 nitrogen and oxygen atoms in total. The first kappa shape index (κ1) is 11.2. The number of hydrogen-bond donors (Lipinski definition) is 1. The van der Waals surface area contributed by atoms with Crippen LogP contribution in [-0.4, -0.2) is 6.04 Å². The number of benzene rings is 1. The maximum absolute atomic E-state index is 13.0. The molecule has 0 aromatic heterocycles. The Bertz CT molecular complexity index is 358. The van der Waals surface area contributed by atoms with Gasteiger partial charge in [0, 0.05) is 6.04 Å². The van der Waals surface area contributed by atoms with Gasteiger partial charge in [0.25, 0.3) is 0 Å². The van der Waals surface area contributed by atoms with Gasteiger partial charge in [-0.2, -0.15) is 0 Å². The monoisotopic (exact) mass is 213 g/mol. The Labute approximate surface area is 88.4 Å². The summed E-state index contributed by atoms with van der Waals surface area (Å²) in [6, 6.07) is 4.68. The minimum atomic E-state index is -0.405. The van der Waals surface area contributed by atoms with Crippen LogP contribution in [0.1, 0.15) is 19.4 Å². The Kier molecular flexibility index (Phi) is 3.67. The van der Waals surface area contributed by atoms with Crippen LogP contribution in [0.5, 0.6) is 0 Å². The first-order chi connectivity index (χ1) is 6.50. The van der Waals surface area contributed by atoms with E-state index in [1.807, 2.05) is 19.9 Å². The molecule has 3 heteroatoms. The average Bonchev–Trinajstić information content (AvgIpc) is 2.11. The third kappa shape index (κ3) is 2.82. The molecule has 0 aliphatic carbocycles. The quantitative estimate of drug-likeness (QED) is 0.802. The van der Waals surface area contributed by atoms with Crippen molar-refractivity contribution >= 4 is 17.7 Å². The molecule has 0 amide bonds. The predicted molar refractivity (Wildman–Crippen MR) is 58.7 cm³/mol. The number of halogens is 2. The molecule has 0 fully saturated rings. The minimum Gasteiger partial charge on any atom is -0.324 e. The van der Waals surface area contributed by atoms with Gasteiger partial charge in [-0.25, -0.2) is 4.39 Å². The molecule has 76 valence electrons. The Morgan fingerprint density at radius 3 is 2.71 bits per heavy atom. The first-order valence-corrected chi connectivity index (χ1v) is 4.77. The summed E-state index contributed by atoms with van der Waals surface area (Å²) >= 11 is 5.56. The van der Waals surface area contributed by atoms with Crippen molar-refractivity contribution in [1.82, 2.24) is 0 Å². The van der Waals surface area contributed by atoms with Crippen LogP contribution in [0.15, 0.2) is 23.8 Å². The van der Waals surface area contributed by atoms with Crippen molar-refractivity contribution in [2.45, 2.75) is 19.9 Å². The van der Waals surface area contributed by atoms with Crippen LogP contribution in [-0.2, 0) is 0 Å². The van der Waals surface area contributed by atoms with Gasteiger partial charge in [0.1, 0.15) is 5.82 Å². The average molecular weight is 214 g/mol. The second-order valence-electron chi connectivity index (χ2n) is 3.35. The summed E-state index contributed by atoms with van der Waals surface area (Å²) in [7, 11) is 0. The van der Waals surface area contributed by atoms with Crippen LogP contribution in [0.3, 0.4) is 0 Å². The van der Waals surface area contributed by atoms with Gasteiger partial charge in [0.15, 0.2) is 0 Å². The normalized spacial score (nSPS) is 14.2. The van der Waals surface area contributed by atoms with Gasteiger partial charge in [-0.3, -0.25) is 0 Å². The Morgan fingerprint density at radius 2 is 2.21 bits per heavy atom. The Balaban J connectivity index is 2.98. The van der Waals surface area contributed by atoms with E-state index < -0.39 is 5.82 Å². The molecule has 0 aliphatic heterocycles. The smallest absolute Gasteiger partial charge is 0.142 e. The van der Waals surface area contributed by atoms with Crippen molar-refractivity contribution in [2.75, 3.05) is 0 Å². The lowest BCUT2D eigenvalue weighted by molar-refractivity contribution is 0.628. The highest BCUT2D eigenvalue weighted by atomic mass is 35.5. The van der Waals surface area contributed by atoms with Crippen LogP contribution in [0, 0.1) is 5.82 Å². The second-order valence-corrected chi connectivity index (χ2v) is 3.76. The van der Waals surface area contributed by atoms with Crippen LogP contribution in [0.2, 0.25) is 5.02 Å². The molecule has 0 heterocycles. The van der Waals surface area contributed by atoms with Gasteiger partial charge < -0.3 is 5.73 Å². The molecular formula is C11H13ClFN. The molecular weight excluding hydrogens is 201 g/mol. The Hall–Kier alpha value is -0.860. The number of rotatable bonds is 2. The van der Waals surface area contributed by atoms with Gasteiger partial charge in [-0.1, -0.05) is 29.3 Å². The van der Waals surface area contributed by atoms with Crippen molar-refractivity contribution in [1.29, 1.82) is 0 Å². The Morgan fingerprint density at radius 1 is 1.57 bits per heavy atom. The molecule has 1 rings (SSSR count). The highest BCUT2D eigenvalue weighted by molar-refractivity contribution is 6.30. The molecule has 1 aromatic rings. The van der Waals surface area contributed by atoms with Crippen molar-refractivity contribution in [3.63, 3.8) is 0 Å². The van der Waals surface area contributed by atoms with Gasteiger partial charge in [0.05, 0.1) is 5.02 Å². The van der Waals surface area contributed by atoms with Crippen LogP contribution in [0.25, 0.3) is 6.08 Å². The van der Waals surface area contributed by atoms with Crippen molar-refractivity contribution < 1.29 is 4.39 Å². The van der Waals surface area contributed by atoms with Gasteiger partial charge in [0.2, 0.25) is 0 Å². The zero-order valence-corrected chi connectivity index (χ0v) is 8.98. The highest BCUT2D eigenvalue weighted by Gasteiger charge is 2.01. The maximum atomic E-state index is 13.0. The van der Waals surface area contributed by atoms with E-state index in [2.05, 4.69) is 0 Å². The predicted octanol–water partition coefficient (Wildman–Crippen LogP) is 3.23. The summed E-state index contributed by atoms with van der Waals surface area (Å²) in [4.78, 5) is 0. The molecule has 0 saturated carbocycles. The highest BCUT2D eigenvalue weighted by Crippen LogP contribution is 2.17. The molecule has 0 bridgehead atoms. The first-order valence-electron chi connectivity index (χ1n) is 4.39. The summed E-state index contributed by atoms with van der Waals surface area (Å²) in [5, 5.41) is 0.139. The largest absolute Gasteiger partial charge is 0.324 e. The topological polar surface area (TPSA) is 26.0 Å². The van der Waals surface area contributed by atoms with Crippen LogP contribution in [0.4, 0.5) is 4.39 Å². The molecule has 1 unspecified atom stereocenters. The molecule has 0 saturated heterocycles. The van der Waals surface area contributed by atoms with E-state index in [0.717, 1.165) is 11.1 Å². The number of nitrogens with two attached hydrogens (primary N) is 1. The van der Waals surface area contributed by atoms with E-state index in [-0.39, 0.29) is 11.1 Å². The van der Waals surface area contributed by atoms with E-state index in [4.69, 9.17) is 17.3 Å². The summed E-state index contributed by atoms with van der Waals surface area (Å²) in [6.45, 7) is 3.80. The molecule has 0 aliphatic rings. The van der Waals surface area contributed by atoms with E-state index >= 15 is 0 Å². The van der Waals surface area contributed by atoms with Crippen LogP contribution < -0.4 is 5.73 Å². The molecule has 1 atom stereocenters. The van der Waals surface area contributed by atoms with E-state index in [0.29, 0.717) is 0 Å². The standard InChI is InChI=1S/C11H13ClFN/c1-7(8(2)14)5-9-3-4-10(12)11(13)6-9/h3-6,8H,14H2,1-2H3/b7-5+. The molecule has 0 radical (unpaired) electrons. The lowest BCUT2D eigenvalue weighted by atomic mass is 10.1. The van der Waals surface area contributed by atoms with Gasteiger partial charge >= 0.3 is 0 Å². The van der Waals surface area contributed by atoms with E-state index in [9.17, 15) is 4.39 Å².